The lowest BCUT2D eigenvalue weighted by atomic mass is 10.1. The van der Waals surface area contributed by atoms with Crippen molar-refractivity contribution in [3.63, 3.8) is 0 Å². The summed E-state index contributed by atoms with van der Waals surface area (Å²) in [7, 11) is 1.61. The predicted molar refractivity (Wildman–Crippen MR) is 78.6 cm³/mol. The molecule has 0 spiro atoms. The zero-order valence-corrected chi connectivity index (χ0v) is 12.6. The Bertz CT molecular complexity index is 403. The van der Waals surface area contributed by atoms with E-state index >= 15 is 0 Å². The van der Waals surface area contributed by atoms with E-state index in [1.807, 2.05) is 23.1 Å². The molecule has 0 bridgehead atoms. The first-order valence-corrected chi connectivity index (χ1v) is 6.87. The van der Waals surface area contributed by atoms with Crippen LogP contribution in [0.4, 0.5) is 0 Å². The summed E-state index contributed by atoms with van der Waals surface area (Å²) in [5, 5.41) is 0. The average molecular weight is 263 g/mol. The molecule has 0 radical (unpaired) electrons. The van der Waals surface area contributed by atoms with Gasteiger partial charge in [0.1, 0.15) is 5.75 Å². The molecule has 0 N–H and O–H groups in total. The summed E-state index contributed by atoms with van der Waals surface area (Å²) in [6, 6.07) is 7.36. The highest BCUT2D eigenvalue weighted by molar-refractivity contribution is 5.94. The lowest BCUT2D eigenvalue weighted by molar-refractivity contribution is 0.0715. The molecule has 0 fully saturated rings. The molecule has 0 aliphatic heterocycles. The van der Waals surface area contributed by atoms with Gasteiger partial charge in [-0.15, -0.1) is 0 Å². The van der Waals surface area contributed by atoms with Gasteiger partial charge in [-0.1, -0.05) is 33.8 Å². The quantitative estimate of drug-likeness (QED) is 0.786. The second-order valence-corrected chi connectivity index (χ2v) is 5.73. The SMILES string of the molecule is COc1cccc(C(=O)N(CC(C)C)CC(C)C)c1. The van der Waals surface area contributed by atoms with Crippen LogP contribution < -0.4 is 4.74 Å². The van der Waals surface area contributed by atoms with Gasteiger partial charge in [0, 0.05) is 18.7 Å². The van der Waals surface area contributed by atoms with Crippen LogP contribution in [0.25, 0.3) is 0 Å². The van der Waals surface area contributed by atoms with E-state index in [1.165, 1.54) is 0 Å². The van der Waals surface area contributed by atoms with Crippen LogP contribution >= 0.6 is 0 Å². The Labute approximate surface area is 116 Å². The summed E-state index contributed by atoms with van der Waals surface area (Å²) in [5.41, 5.74) is 0.695. The number of rotatable bonds is 6. The highest BCUT2D eigenvalue weighted by Crippen LogP contribution is 2.16. The molecule has 3 heteroatoms. The van der Waals surface area contributed by atoms with E-state index in [9.17, 15) is 4.79 Å². The molecule has 0 aliphatic rings. The molecule has 1 amide bonds. The fraction of sp³-hybridized carbons (Fsp3) is 0.562. The van der Waals surface area contributed by atoms with Crippen LogP contribution in [0.1, 0.15) is 38.1 Å². The van der Waals surface area contributed by atoms with Crippen molar-refractivity contribution in [2.24, 2.45) is 11.8 Å². The number of methoxy groups -OCH3 is 1. The highest BCUT2D eigenvalue weighted by Gasteiger charge is 2.18. The van der Waals surface area contributed by atoms with Crippen LogP contribution in [0.5, 0.6) is 5.75 Å². The smallest absolute Gasteiger partial charge is 0.254 e. The molecule has 19 heavy (non-hydrogen) atoms. The fourth-order valence-electron chi connectivity index (χ4n) is 2.06. The first-order valence-electron chi connectivity index (χ1n) is 6.87. The molecule has 1 rings (SSSR count). The first-order chi connectivity index (χ1) is 8.93. The zero-order valence-electron chi connectivity index (χ0n) is 12.6. The van der Waals surface area contributed by atoms with Crippen molar-refractivity contribution in [2.75, 3.05) is 20.2 Å². The molecule has 0 aromatic heterocycles. The maximum atomic E-state index is 12.6. The van der Waals surface area contributed by atoms with Crippen LogP contribution in [-0.2, 0) is 0 Å². The van der Waals surface area contributed by atoms with E-state index in [0.717, 1.165) is 18.8 Å². The number of benzene rings is 1. The molecule has 3 nitrogen and oxygen atoms in total. The molecule has 0 saturated heterocycles. The van der Waals surface area contributed by atoms with Gasteiger partial charge in [0.25, 0.3) is 5.91 Å². The second kappa shape index (κ2) is 7.17. The Hall–Kier alpha value is -1.51. The standard InChI is InChI=1S/C16H25NO2/c1-12(2)10-17(11-13(3)4)16(18)14-7-6-8-15(9-14)19-5/h6-9,12-13H,10-11H2,1-5H3. The van der Waals surface area contributed by atoms with Crippen LogP contribution in [0.3, 0.4) is 0 Å². The summed E-state index contributed by atoms with van der Waals surface area (Å²) in [6.07, 6.45) is 0. The number of hydrogen-bond acceptors (Lipinski definition) is 2. The van der Waals surface area contributed by atoms with Crippen molar-refractivity contribution in [1.29, 1.82) is 0 Å². The number of carbonyl (C=O) groups is 1. The van der Waals surface area contributed by atoms with Crippen molar-refractivity contribution in [3.05, 3.63) is 29.8 Å². The minimum Gasteiger partial charge on any atom is -0.497 e. The number of nitrogens with zero attached hydrogens (tertiary/aromatic N) is 1. The van der Waals surface area contributed by atoms with Crippen LogP contribution in [0.2, 0.25) is 0 Å². The third-order valence-electron chi connectivity index (χ3n) is 2.77. The van der Waals surface area contributed by atoms with Gasteiger partial charge < -0.3 is 9.64 Å². The molecule has 0 atom stereocenters. The van der Waals surface area contributed by atoms with Gasteiger partial charge in [0.15, 0.2) is 0 Å². The Kier molecular flexibility index (Phi) is 5.87. The minimum absolute atomic E-state index is 0.0845. The summed E-state index contributed by atoms with van der Waals surface area (Å²) in [4.78, 5) is 14.5. The van der Waals surface area contributed by atoms with E-state index in [2.05, 4.69) is 27.7 Å². The Morgan fingerprint density at radius 2 is 1.74 bits per heavy atom. The molecule has 0 unspecified atom stereocenters. The summed E-state index contributed by atoms with van der Waals surface area (Å²) >= 11 is 0. The second-order valence-electron chi connectivity index (χ2n) is 5.73. The largest absolute Gasteiger partial charge is 0.497 e. The number of hydrogen-bond donors (Lipinski definition) is 0. The Morgan fingerprint density at radius 1 is 1.16 bits per heavy atom. The minimum atomic E-state index is 0.0845. The van der Waals surface area contributed by atoms with Crippen LogP contribution in [0.15, 0.2) is 24.3 Å². The number of amides is 1. The molecule has 1 aromatic carbocycles. The highest BCUT2D eigenvalue weighted by atomic mass is 16.5. The Balaban J connectivity index is 2.90. The normalized spacial score (nSPS) is 10.9. The molecule has 0 heterocycles. The van der Waals surface area contributed by atoms with Gasteiger partial charge in [0.05, 0.1) is 7.11 Å². The average Bonchev–Trinajstić information content (AvgIpc) is 2.36. The lowest BCUT2D eigenvalue weighted by Crippen LogP contribution is -2.37. The molecule has 0 saturated carbocycles. The van der Waals surface area contributed by atoms with Crippen molar-refractivity contribution < 1.29 is 9.53 Å². The van der Waals surface area contributed by atoms with Gasteiger partial charge in [0.2, 0.25) is 0 Å². The fourth-order valence-corrected chi connectivity index (χ4v) is 2.06. The van der Waals surface area contributed by atoms with E-state index in [-0.39, 0.29) is 5.91 Å². The monoisotopic (exact) mass is 263 g/mol. The molecule has 0 aliphatic carbocycles. The molecule has 106 valence electrons. The Morgan fingerprint density at radius 3 is 2.21 bits per heavy atom. The molecule has 1 aromatic rings. The summed E-state index contributed by atoms with van der Waals surface area (Å²) in [5.74, 6) is 1.74. The zero-order chi connectivity index (χ0) is 14.4. The van der Waals surface area contributed by atoms with Crippen LogP contribution in [-0.4, -0.2) is 31.0 Å². The third kappa shape index (κ3) is 4.93. The number of ether oxygens (including phenoxy) is 1. The maximum Gasteiger partial charge on any atom is 0.254 e. The van der Waals surface area contributed by atoms with Crippen molar-refractivity contribution >= 4 is 5.91 Å². The van der Waals surface area contributed by atoms with Gasteiger partial charge in [-0.2, -0.15) is 0 Å². The summed E-state index contributed by atoms with van der Waals surface area (Å²) < 4.78 is 5.18. The molecular weight excluding hydrogens is 238 g/mol. The van der Waals surface area contributed by atoms with E-state index in [0.29, 0.717) is 17.4 Å². The maximum absolute atomic E-state index is 12.6. The van der Waals surface area contributed by atoms with Crippen molar-refractivity contribution in [1.82, 2.24) is 4.90 Å². The topological polar surface area (TPSA) is 29.5 Å². The van der Waals surface area contributed by atoms with Gasteiger partial charge in [-0.25, -0.2) is 0 Å². The van der Waals surface area contributed by atoms with Crippen molar-refractivity contribution in [2.45, 2.75) is 27.7 Å². The van der Waals surface area contributed by atoms with Crippen molar-refractivity contribution in [3.8, 4) is 5.75 Å². The third-order valence-corrected chi connectivity index (χ3v) is 2.77. The first kappa shape index (κ1) is 15.5. The van der Waals surface area contributed by atoms with E-state index in [1.54, 1.807) is 13.2 Å². The number of carbonyl (C=O) groups excluding carboxylic acids is 1. The van der Waals surface area contributed by atoms with Gasteiger partial charge in [-0.05, 0) is 30.0 Å². The van der Waals surface area contributed by atoms with E-state index < -0.39 is 0 Å². The van der Waals surface area contributed by atoms with Crippen LogP contribution in [0, 0.1) is 11.8 Å². The molecular formula is C16H25NO2. The van der Waals surface area contributed by atoms with Gasteiger partial charge >= 0.3 is 0 Å². The predicted octanol–water partition coefficient (Wildman–Crippen LogP) is 3.45. The van der Waals surface area contributed by atoms with E-state index in [4.69, 9.17) is 4.74 Å². The van der Waals surface area contributed by atoms with Gasteiger partial charge in [-0.3, -0.25) is 4.79 Å². The lowest BCUT2D eigenvalue weighted by Gasteiger charge is -2.26. The summed E-state index contributed by atoms with van der Waals surface area (Å²) in [6.45, 7) is 10.1.